The number of ether oxygens (including phenoxy) is 1. The van der Waals surface area contributed by atoms with Gasteiger partial charge in [-0.2, -0.15) is 0 Å². The maximum Gasteiger partial charge on any atom is 0.191 e. The third-order valence-electron chi connectivity index (χ3n) is 4.46. The summed E-state index contributed by atoms with van der Waals surface area (Å²) in [4.78, 5) is 6.74. The molecule has 124 valence electrons. The summed E-state index contributed by atoms with van der Waals surface area (Å²) >= 11 is 0. The summed E-state index contributed by atoms with van der Waals surface area (Å²) in [5, 5.41) is 0. The topological polar surface area (TPSA) is 50.8 Å². The number of hydrogen-bond acceptors (Lipinski definition) is 2. The second-order valence-corrected chi connectivity index (χ2v) is 6.42. The van der Waals surface area contributed by atoms with E-state index in [0.29, 0.717) is 6.10 Å². The molecular formula is C16H32IN3O. The molecule has 0 aromatic heterocycles. The molecule has 2 rings (SSSR count). The molecule has 0 bridgehead atoms. The molecule has 1 aliphatic heterocycles. The first kappa shape index (κ1) is 19.0. The first-order valence-electron chi connectivity index (χ1n) is 8.42. The molecule has 1 atom stereocenters. The summed E-state index contributed by atoms with van der Waals surface area (Å²) in [6.07, 6.45) is 10.6. The SMILES string of the molecule is CC1CCCN(C(N)=NCCCOC2CCCCC2)C1.I. The van der Waals surface area contributed by atoms with Gasteiger partial charge in [0.1, 0.15) is 0 Å². The Hall–Kier alpha value is -0.0400. The molecule has 0 spiro atoms. The van der Waals surface area contributed by atoms with Crippen LogP contribution in [0.2, 0.25) is 0 Å². The second kappa shape index (κ2) is 10.6. The zero-order chi connectivity index (χ0) is 14.2. The van der Waals surface area contributed by atoms with Crippen LogP contribution in [-0.4, -0.2) is 43.2 Å². The van der Waals surface area contributed by atoms with E-state index in [1.165, 1.54) is 44.9 Å². The molecule has 4 nitrogen and oxygen atoms in total. The van der Waals surface area contributed by atoms with Crippen molar-refractivity contribution in [2.45, 2.75) is 64.4 Å². The van der Waals surface area contributed by atoms with Gasteiger partial charge in [-0.1, -0.05) is 26.2 Å². The quantitative estimate of drug-likeness (QED) is 0.328. The molecule has 0 radical (unpaired) electrons. The molecule has 1 saturated heterocycles. The fraction of sp³-hybridized carbons (Fsp3) is 0.938. The first-order valence-corrected chi connectivity index (χ1v) is 8.42. The van der Waals surface area contributed by atoms with Gasteiger partial charge in [0.05, 0.1) is 6.10 Å². The smallest absolute Gasteiger partial charge is 0.191 e. The minimum atomic E-state index is 0. The summed E-state index contributed by atoms with van der Waals surface area (Å²) in [5.41, 5.74) is 6.07. The largest absolute Gasteiger partial charge is 0.378 e. The lowest BCUT2D eigenvalue weighted by Gasteiger charge is -2.31. The molecule has 2 aliphatic rings. The van der Waals surface area contributed by atoms with Crippen LogP contribution in [0.5, 0.6) is 0 Å². The predicted molar refractivity (Wildman–Crippen MR) is 99.3 cm³/mol. The number of rotatable bonds is 5. The van der Waals surface area contributed by atoms with E-state index in [1.54, 1.807) is 0 Å². The van der Waals surface area contributed by atoms with E-state index < -0.39 is 0 Å². The van der Waals surface area contributed by atoms with Gasteiger partial charge in [0.15, 0.2) is 5.96 Å². The van der Waals surface area contributed by atoms with Crippen molar-refractivity contribution in [1.29, 1.82) is 0 Å². The molecule has 21 heavy (non-hydrogen) atoms. The fourth-order valence-electron chi connectivity index (χ4n) is 3.24. The minimum absolute atomic E-state index is 0. The number of guanidine groups is 1. The Kier molecular flexibility index (Phi) is 9.64. The van der Waals surface area contributed by atoms with E-state index in [0.717, 1.165) is 44.5 Å². The summed E-state index contributed by atoms with van der Waals surface area (Å²) in [7, 11) is 0. The summed E-state index contributed by atoms with van der Waals surface area (Å²) in [6.45, 7) is 6.05. The molecule has 0 amide bonds. The average Bonchev–Trinajstić information content (AvgIpc) is 2.48. The molecular weight excluding hydrogens is 377 g/mol. The number of likely N-dealkylation sites (tertiary alicyclic amines) is 1. The highest BCUT2D eigenvalue weighted by molar-refractivity contribution is 14.0. The van der Waals surface area contributed by atoms with Crippen LogP contribution in [0.25, 0.3) is 0 Å². The van der Waals surface area contributed by atoms with Crippen molar-refractivity contribution in [3.05, 3.63) is 0 Å². The van der Waals surface area contributed by atoms with E-state index >= 15 is 0 Å². The molecule has 1 unspecified atom stereocenters. The second-order valence-electron chi connectivity index (χ2n) is 6.42. The molecule has 5 heteroatoms. The maximum atomic E-state index is 6.07. The van der Waals surface area contributed by atoms with E-state index in [9.17, 15) is 0 Å². The number of aliphatic imine (C=N–C) groups is 1. The van der Waals surface area contributed by atoms with Crippen LogP contribution in [0.4, 0.5) is 0 Å². The molecule has 1 aliphatic carbocycles. The average molecular weight is 409 g/mol. The number of nitrogens with two attached hydrogens (primary N) is 1. The van der Waals surface area contributed by atoms with Crippen molar-refractivity contribution in [3.8, 4) is 0 Å². The highest BCUT2D eigenvalue weighted by Crippen LogP contribution is 2.20. The first-order chi connectivity index (χ1) is 9.75. The van der Waals surface area contributed by atoms with Gasteiger partial charge in [-0.15, -0.1) is 24.0 Å². The Morgan fingerprint density at radius 2 is 1.95 bits per heavy atom. The summed E-state index contributed by atoms with van der Waals surface area (Å²) in [5.74, 6) is 1.47. The molecule has 1 heterocycles. The van der Waals surface area contributed by atoms with Crippen molar-refractivity contribution < 1.29 is 4.74 Å². The number of halogens is 1. The zero-order valence-electron chi connectivity index (χ0n) is 13.4. The monoisotopic (exact) mass is 409 g/mol. The third-order valence-corrected chi connectivity index (χ3v) is 4.46. The highest BCUT2D eigenvalue weighted by Gasteiger charge is 2.17. The van der Waals surface area contributed by atoms with Crippen molar-refractivity contribution >= 4 is 29.9 Å². The van der Waals surface area contributed by atoms with E-state index in [1.807, 2.05) is 0 Å². The van der Waals surface area contributed by atoms with Crippen LogP contribution in [-0.2, 0) is 4.74 Å². The lowest BCUT2D eigenvalue weighted by molar-refractivity contribution is 0.0281. The van der Waals surface area contributed by atoms with Gasteiger partial charge in [-0.05, 0) is 38.0 Å². The normalized spacial score (nSPS) is 24.7. The molecule has 1 saturated carbocycles. The van der Waals surface area contributed by atoms with E-state index in [4.69, 9.17) is 10.5 Å². The maximum absolute atomic E-state index is 6.07. The lowest BCUT2D eigenvalue weighted by Crippen LogP contribution is -2.43. The van der Waals surface area contributed by atoms with Crippen LogP contribution < -0.4 is 5.73 Å². The van der Waals surface area contributed by atoms with E-state index in [-0.39, 0.29) is 24.0 Å². The van der Waals surface area contributed by atoms with Crippen LogP contribution in [0.3, 0.4) is 0 Å². The van der Waals surface area contributed by atoms with Crippen LogP contribution in [0.15, 0.2) is 4.99 Å². The third kappa shape index (κ3) is 7.17. The Bertz CT molecular complexity index is 306. The van der Waals surface area contributed by atoms with Gasteiger partial charge in [-0.25, -0.2) is 0 Å². The highest BCUT2D eigenvalue weighted by atomic mass is 127. The Balaban J connectivity index is 0.00000220. The Morgan fingerprint density at radius 1 is 1.19 bits per heavy atom. The molecule has 0 aromatic carbocycles. The summed E-state index contributed by atoms with van der Waals surface area (Å²) < 4.78 is 5.90. The van der Waals surface area contributed by atoms with Crippen LogP contribution >= 0.6 is 24.0 Å². The molecule has 0 aromatic rings. The van der Waals surface area contributed by atoms with Crippen molar-refractivity contribution in [3.63, 3.8) is 0 Å². The number of piperidine rings is 1. The van der Waals surface area contributed by atoms with Crippen LogP contribution in [0, 0.1) is 5.92 Å². The predicted octanol–water partition coefficient (Wildman–Crippen LogP) is 3.39. The standard InChI is InChI=1S/C16H31N3O.HI/c1-14-7-5-11-19(13-14)16(17)18-10-6-12-20-15-8-3-2-4-9-15;/h14-15H,2-13H2,1H3,(H2,17,18);1H. The Labute approximate surface area is 146 Å². The lowest BCUT2D eigenvalue weighted by atomic mass is 9.98. The zero-order valence-corrected chi connectivity index (χ0v) is 15.8. The minimum Gasteiger partial charge on any atom is -0.378 e. The van der Waals surface area contributed by atoms with Crippen molar-refractivity contribution in [1.82, 2.24) is 4.90 Å². The van der Waals surface area contributed by atoms with Gasteiger partial charge in [0, 0.05) is 26.2 Å². The van der Waals surface area contributed by atoms with Gasteiger partial charge in [0.2, 0.25) is 0 Å². The summed E-state index contributed by atoms with van der Waals surface area (Å²) in [6, 6.07) is 0. The van der Waals surface area contributed by atoms with Crippen LogP contribution in [0.1, 0.15) is 58.3 Å². The molecule has 2 fully saturated rings. The van der Waals surface area contributed by atoms with E-state index in [2.05, 4.69) is 16.8 Å². The van der Waals surface area contributed by atoms with Gasteiger partial charge in [-0.3, -0.25) is 4.99 Å². The van der Waals surface area contributed by atoms with Gasteiger partial charge >= 0.3 is 0 Å². The van der Waals surface area contributed by atoms with Gasteiger partial charge in [0.25, 0.3) is 0 Å². The Morgan fingerprint density at radius 3 is 2.67 bits per heavy atom. The molecule has 2 N–H and O–H groups in total. The van der Waals surface area contributed by atoms with Crippen molar-refractivity contribution in [2.24, 2.45) is 16.6 Å². The number of hydrogen-bond donors (Lipinski definition) is 1. The van der Waals surface area contributed by atoms with Gasteiger partial charge < -0.3 is 15.4 Å². The van der Waals surface area contributed by atoms with Crippen molar-refractivity contribution in [2.75, 3.05) is 26.2 Å². The number of nitrogens with zero attached hydrogens (tertiary/aromatic N) is 2. The fourth-order valence-corrected chi connectivity index (χ4v) is 3.24.